The minimum atomic E-state index is -0.491. The molecule has 0 radical (unpaired) electrons. The van der Waals surface area contributed by atoms with E-state index in [2.05, 4.69) is 0 Å². The summed E-state index contributed by atoms with van der Waals surface area (Å²) in [6.07, 6.45) is 1.72. The lowest BCUT2D eigenvalue weighted by Crippen LogP contribution is -2.04. The maximum Gasteiger partial charge on any atom is 0.273 e. The predicted octanol–water partition coefficient (Wildman–Crippen LogP) is 3.15. The van der Waals surface area contributed by atoms with Gasteiger partial charge in [-0.2, -0.15) is 0 Å². The van der Waals surface area contributed by atoms with Crippen LogP contribution in [-0.4, -0.2) is 10.7 Å². The summed E-state index contributed by atoms with van der Waals surface area (Å²) in [6.45, 7) is 1.61. The molecule has 0 atom stereocenters. The molecular weight excluding hydrogens is 230 g/mol. The monoisotopic (exact) mass is 239 g/mol. The molecule has 1 aliphatic rings. The molecule has 0 heterocycles. The number of aryl methyl sites for hydroxylation is 1. The smallest absolute Gasteiger partial charge is 0.273 e. The highest BCUT2D eigenvalue weighted by Crippen LogP contribution is 2.36. The van der Waals surface area contributed by atoms with E-state index in [1.54, 1.807) is 6.92 Å². The third kappa shape index (κ3) is 1.93. The molecule has 0 unspecified atom stereocenters. The molecule has 0 saturated heterocycles. The van der Waals surface area contributed by atoms with Gasteiger partial charge in [0.25, 0.3) is 5.69 Å². The molecule has 0 bridgehead atoms. The second-order valence-electron chi connectivity index (χ2n) is 4.01. The van der Waals surface area contributed by atoms with Crippen molar-refractivity contribution < 1.29 is 9.72 Å². The van der Waals surface area contributed by atoms with Crippen molar-refractivity contribution in [3.63, 3.8) is 0 Å². The Labute approximate surface area is 97.4 Å². The third-order valence-corrected chi connectivity index (χ3v) is 3.01. The lowest BCUT2D eigenvalue weighted by Gasteiger charge is -2.04. The minimum absolute atomic E-state index is 0.0137. The van der Waals surface area contributed by atoms with Gasteiger partial charge in [-0.05, 0) is 25.8 Å². The maximum atomic E-state index is 11.8. The number of ketones is 1. The van der Waals surface area contributed by atoms with Crippen molar-refractivity contribution in [3.05, 3.63) is 38.4 Å². The van der Waals surface area contributed by atoms with E-state index in [0.29, 0.717) is 10.6 Å². The fourth-order valence-electron chi connectivity index (χ4n) is 1.61. The van der Waals surface area contributed by atoms with E-state index in [1.165, 1.54) is 12.1 Å². The molecule has 0 spiro atoms. The summed E-state index contributed by atoms with van der Waals surface area (Å²) in [5, 5.41) is 11.1. The number of carbonyl (C=O) groups is 1. The number of Topliss-reactive ketones (excluding diaryl/α,β-unsaturated/α-hetero) is 1. The minimum Gasteiger partial charge on any atom is -0.294 e. The van der Waals surface area contributed by atoms with Gasteiger partial charge in [-0.25, -0.2) is 0 Å². The van der Waals surface area contributed by atoms with Crippen molar-refractivity contribution in [2.45, 2.75) is 19.8 Å². The van der Waals surface area contributed by atoms with Crippen LogP contribution >= 0.6 is 11.6 Å². The van der Waals surface area contributed by atoms with Crippen LogP contribution in [0.25, 0.3) is 0 Å². The third-order valence-electron chi connectivity index (χ3n) is 2.70. The van der Waals surface area contributed by atoms with Crippen molar-refractivity contribution >= 4 is 23.1 Å². The largest absolute Gasteiger partial charge is 0.294 e. The highest BCUT2D eigenvalue weighted by Gasteiger charge is 2.32. The Bertz CT molecular complexity index is 480. The molecule has 0 aromatic heterocycles. The molecule has 84 valence electrons. The highest BCUT2D eigenvalue weighted by atomic mass is 35.5. The number of nitro groups is 1. The number of hydrogen-bond donors (Lipinski definition) is 0. The second-order valence-corrected chi connectivity index (χ2v) is 4.42. The molecule has 2 rings (SSSR count). The van der Waals surface area contributed by atoms with E-state index in [4.69, 9.17) is 11.6 Å². The zero-order valence-corrected chi connectivity index (χ0v) is 9.45. The fraction of sp³-hybridized carbons (Fsp3) is 0.364. The van der Waals surface area contributed by atoms with Crippen molar-refractivity contribution in [2.75, 3.05) is 0 Å². The molecule has 1 saturated carbocycles. The first-order valence-electron chi connectivity index (χ1n) is 4.99. The summed E-state index contributed by atoms with van der Waals surface area (Å²) in [7, 11) is 0. The van der Waals surface area contributed by atoms with Gasteiger partial charge in [0.05, 0.1) is 9.95 Å². The van der Waals surface area contributed by atoms with Crippen molar-refractivity contribution in [2.24, 2.45) is 5.92 Å². The van der Waals surface area contributed by atoms with Crippen LogP contribution < -0.4 is 0 Å². The van der Waals surface area contributed by atoms with Gasteiger partial charge in [0.15, 0.2) is 5.78 Å². The molecule has 1 aromatic rings. The molecular formula is C11H10ClNO3. The number of carbonyl (C=O) groups excluding carboxylic acids is 1. The summed E-state index contributed by atoms with van der Waals surface area (Å²) in [4.78, 5) is 22.1. The van der Waals surface area contributed by atoms with E-state index in [9.17, 15) is 14.9 Å². The van der Waals surface area contributed by atoms with Gasteiger partial charge in [0, 0.05) is 23.1 Å². The summed E-state index contributed by atoms with van der Waals surface area (Å²) >= 11 is 5.93. The van der Waals surface area contributed by atoms with Gasteiger partial charge in [-0.1, -0.05) is 11.6 Å². The first-order valence-corrected chi connectivity index (χ1v) is 5.37. The Morgan fingerprint density at radius 2 is 2.12 bits per heavy atom. The number of rotatable bonds is 3. The van der Waals surface area contributed by atoms with Crippen LogP contribution in [-0.2, 0) is 0 Å². The molecule has 0 N–H and O–H groups in total. The summed E-state index contributed by atoms with van der Waals surface area (Å²) < 4.78 is 0. The Morgan fingerprint density at radius 3 is 2.62 bits per heavy atom. The van der Waals surface area contributed by atoms with E-state index in [1.807, 2.05) is 0 Å². The molecule has 16 heavy (non-hydrogen) atoms. The SMILES string of the molecule is Cc1cc(Cl)c(C(=O)C2CC2)cc1[N+](=O)[O-]. The predicted molar refractivity (Wildman–Crippen MR) is 59.9 cm³/mol. The lowest BCUT2D eigenvalue weighted by molar-refractivity contribution is -0.385. The number of hydrogen-bond acceptors (Lipinski definition) is 3. The molecule has 0 amide bonds. The van der Waals surface area contributed by atoms with E-state index >= 15 is 0 Å². The maximum absolute atomic E-state index is 11.8. The van der Waals surface area contributed by atoms with Gasteiger partial charge in [-0.15, -0.1) is 0 Å². The van der Waals surface area contributed by atoms with Crippen molar-refractivity contribution in [3.8, 4) is 0 Å². The van der Waals surface area contributed by atoms with Crippen LogP contribution in [0.3, 0.4) is 0 Å². The van der Waals surface area contributed by atoms with Gasteiger partial charge >= 0.3 is 0 Å². The Kier molecular flexibility index (Phi) is 2.68. The number of halogens is 1. The fourth-order valence-corrected chi connectivity index (χ4v) is 1.92. The Morgan fingerprint density at radius 1 is 1.50 bits per heavy atom. The highest BCUT2D eigenvalue weighted by molar-refractivity contribution is 6.34. The molecule has 0 aliphatic heterocycles. The average molecular weight is 240 g/mol. The van der Waals surface area contributed by atoms with Crippen molar-refractivity contribution in [1.29, 1.82) is 0 Å². The zero-order chi connectivity index (χ0) is 11.9. The van der Waals surface area contributed by atoms with Gasteiger partial charge < -0.3 is 0 Å². The second kappa shape index (κ2) is 3.87. The molecule has 1 aliphatic carbocycles. The molecule has 1 aromatic carbocycles. The van der Waals surface area contributed by atoms with Crippen LogP contribution in [0.5, 0.6) is 0 Å². The van der Waals surface area contributed by atoms with Gasteiger partial charge in [0.2, 0.25) is 0 Å². The molecule has 4 nitrogen and oxygen atoms in total. The van der Waals surface area contributed by atoms with Crippen LogP contribution in [0.4, 0.5) is 5.69 Å². The average Bonchev–Trinajstić information content (AvgIpc) is 2.99. The Hall–Kier alpha value is -1.42. The first kappa shape index (κ1) is 11.1. The summed E-state index contributed by atoms with van der Waals surface area (Å²) in [5.74, 6) is -0.0621. The van der Waals surface area contributed by atoms with E-state index in [0.717, 1.165) is 12.8 Å². The number of nitrogens with zero attached hydrogens (tertiary/aromatic N) is 1. The van der Waals surface area contributed by atoms with Gasteiger partial charge in [0.1, 0.15) is 0 Å². The van der Waals surface area contributed by atoms with Crippen LogP contribution in [0.1, 0.15) is 28.8 Å². The summed E-state index contributed by atoms with van der Waals surface area (Å²) in [6, 6.07) is 2.77. The summed E-state index contributed by atoms with van der Waals surface area (Å²) in [5.41, 5.74) is 0.706. The topological polar surface area (TPSA) is 60.2 Å². The molecule has 1 fully saturated rings. The standard InChI is InChI=1S/C11H10ClNO3/c1-6-4-9(12)8(5-10(6)13(15)16)11(14)7-2-3-7/h4-5,7H,2-3H2,1H3. The first-order chi connectivity index (χ1) is 7.50. The van der Waals surface area contributed by atoms with Crippen LogP contribution in [0.15, 0.2) is 12.1 Å². The van der Waals surface area contributed by atoms with Crippen molar-refractivity contribution in [1.82, 2.24) is 0 Å². The number of benzene rings is 1. The van der Waals surface area contributed by atoms with Crippen LogP contribution in [0, 0.1) is 23.0 Å². The zero-order valence-electron chi connectivity index (χ0n) is 8.70. The molecule has 5 heteroatoms. The van der Waals surface area contributed by atoms with Gasteiger partial charge in [-0.3, -0.25) is 14.9 Å². The number of nitro benzene ring substituents is 1. The quantitative estimate of drug-likeness (QED) is 0.462. The lowest BCUT2D eigenvalue weighted by atomic mass is 10.0. The normalized spacial score (nSPS) is 14.9. The van der Waals surface area contributed by atoms with Crippen LogP contribution in [0.2, 0.25) is 5.02 Å². The van der Waals surface area contributed by atoms with E-state index < -0.39 is 4.92 Å². The Balaban J connectivity index is 2.48. The van der Waals surface area contributed by atoms with E-state index in [-0.39, 0.29) is 23.0 Å².